The van der Waals surface area contributed by atoms with Gasteiger partial charge in [0.25, 0.3) is 5.92 Å². The molecule has 0 spiro atoms. The van der Waals surface area contributed by atoms with E-state index in [1.54, 1.807) is 4.90 Å². The minimum atomic E-state index is -3.00. The molecule has 0 saturated carbocycles. The normalized spacial score (nSPS) is 18.1. The van der Waals surface area contributed by atoms with Crippen LogP contribution in [0.2, 0.25) is 0 Å². The molecule has 2 rings (SSSR count). The number of halogens is 3. The Morgan fingerprint density at radius 1 is 1.29 bits per heavy atom. The summed E-state index contributed by atoms with van der Waals surface area (Å²) in [5, 5.41) is 3.30. The summed E-state index contributed by atoms with van der Waals surface area (Å²) in [4.78, 5) is 1.79. The van der Waals surface area contributed by atoms with E-state index >= 15 is 0 Å². The molecule has 0 bridgehead atoms. The topological polar surface area (TPSA) is 15.3 Å². The zero-order valence-electron chi connectivity index (χ0n) is 12.4. The number of piperidine rings is 1. The number of rotatable bonds is 6. The molecule has 21 heavy (non-hydrogen) atoms. The molecular weight excluding hydrogens is 277 g/mol. The average molecular weight is 300 g/mol. The van der Waals surface area contributed by atoms with Crippen molar-refractivity contribution in [1.29, 1.82) is 0 Å². The van der Waals surface area contributed by atoms with Gasteiger partial charge < -0.3 is 5.32 Å². The molecule has 0 amide bonds. The van der Waals surface area contributed by atoms with E-state index < -0.39 is 11.7 Å². The largest absolute Gasteiger partial charge is 0.317 e. The summed E-state index contributed by atoms with van der Waals surface area (Å²) in [6.07, 6.45) is 1.87. The zero-order valence-corrected chi connectivity index (χ0v) is 12.4. The van der Waals surface area contributed by atoms with Gasteiger partial charge in [-0.15, -0.1) is 0 Å². The van der Waals surface area contributed by atoms with Crippen LogP contribution in [0.5, 0.6) is 0 Å². The number of likely N-dealkylation sites (tertiary alicyclic amines) is 1. The third-order valence-corrected chi connectivity index (χ3v) is 4.06. The highest BCUT2D eigenvalue weighted by atomic mass is 19.3. The third-order valence-electron chi connectivity index (χ3n) is 4.06. The van der Waals surface area contributed by atoms with Crippen molar-refractivity contribution in [2.24, 2.45) is 5.92 Å². The summed E-state index contributed by atoms with van der Waals surface area (Å²) in [5.74, 6) is -3.04. The van der Waals surface area contributed by atoms with Crippen molar-refractivity contribution in [3.8, 4) is 0 Å². The SMILES string of the molecule is CCNCC1CCN(CC(F)(F)c2cccc(F)c2)CC1. The maximum atomic E-state index is 14.2. The van der Waals surface area contributed by atoms with E-state index in [1.165, 1.54) is 18.2 Å². The second kappa shape index (κ2) is 7.27. The van der Waals surface area contributed by atoms with Gasteiger partial charge in [-0.2, -0.15) is 8.78 Å². The summed E-state index contributed by atoms with van der Waals surface area (Å²) in [6.45, 7) is 5.00. The van der Waals surface area contributed by atoms with Gasteiger partial charge in [-0.1, -0.05) is 19.1 Å². The molecule has 1 aromatic carbocycles. The van der Waals surface area contributed by atoms with Gasteiger partial charge in [0.1, 0.15) is 5.82 Å². The van der Waals surface area contributed by atoms with E-state index in [1.807, 2.05) is 0 Å². The third kappa shape index (κ3) is 4.71. The molecule has 0 atom stereocenters. The Labute approximate surface area is 124 Å². The zero-order chi connectivity index (χ0) is 15.3. The molecule has 2 nitrogen and oxygen atoms in total. The van der Waals surface area contributed by atoms with Gasteiger partial charge in [0.15, 0.2) is 0 Å². The van der Waals surface area contributed by atoms with Crippen molar-refractivity contribution >= 4 is 0 Å². The van der Waals surface area contributed by atoms with Crippen LogP contribution in [0.3, 0.4) is 0 Å². The highest BCUT2D eigenvalue weighted by Gasteiger charge is 2.35. The molecule has 5 heteroatoms. The molecule has 1 aromatic rings. The first-order valence-electron chi connectivity index (χ1n) is 7.58. The van der Waals surface area contributed by atoms with Crippen LogP contribution in [0.4, 0.5) is 13.2 Å². The molecule has 1 N–H and O–H groups in total. The summed E-state index contributed by atoms with van der Waals surface area (Å²) in [7, 11) is 0. The molecular formula is C16H23F3N2. The van der Waals surface area contributed by atoms with Crippen LogP contribution in [0.15, 0.2) is 24.3 Å². The molecule has 118 valence electrons. The Morgan fingerprint density at radius 3 is 2.62 bits per heavy atom. The first-order chi connectivity index (χ1) is 10.0. The van der Waals surface area contributed by atoms with Crippen LogP contribution in [-0.4, -0.2) is 37.6 Å². The molecule has 0 radical (unpaired) electrons. The number of hydrogen-bond acceptors (Lipinski definition) is 2. The number of nitrogens with one attached hydrogen (secondary N) is 1. The fourth-order valence-corrected chi connectivity index (χ4v) is 2.79. The minimum absolute atomic E-state index is 0.239. The Morgan fingerprint density at radius 2 is 2.00 bits per heavy atom. The van der Waals surface area contributed by atoms with Gasteiger partial charge in [0.2, 0.25) is 0 Å². The molecule has 1 aliphatic heterocycles. The molecule has 1 fully saturated rings. The van der Waals surface area contributed by atoms with Crippen molar-refractivity contribution in [2.75, 3.05) is 32.7 Å². The Kier molecular flexibility index (Phi) is 5.65. The molecule has 0 aromatic heterocycles. The minimum Gasteiger partial charge on any atom is -0.317 e. The lowest BCUT2D eigenvalue weighted by molar-refractivity contribution is -0.0446. The maximum absolute atomic E-state index is 14.2. The second-order valence-corrected chi connectivity index (χ2v) is 5.74. The highest BCUT2D eigenvalue weighted by molar-refractivity contribution is 5.21. The fourth-order valence-electron chi connectivity index (χ4n) is 2.79. The van der Waals surface area contributed by atoms with Crippen molar-refractivity contribution in [3.63, 3.8) is 0 Å². The Hall–Kier alpha value is -1.07. The van der Waals surface area contributed by atoms with Gasteiger partial charge in [0, 0.05) is 5.56 Å². The van der Waals surface area contributed by atoms with E-state index in [-0.39, 0.29) is 12.1 Å². The summed E-state index contributed by atoms with van der Waals surface area (Å²) in [5.41, 5.74) is -0.239. The summed E-state index contributed by atoms with van der Waals surface area (Å²) >= 11 is 0. The standard InChI is InChI=1S/C16H23F3N2/c1-2-20-11-13-6-8-21(9-7-13)12-16(18,19)14-4-3-5-15(17)10-14/h3-5,10,13,20H,2,6-9,11-12H2,1H3. The smallest absolute Gasteiger partial charge is 0.285 e. The lowest BCUT2D eigenvalue weighted by atomic mass is 9.96. The van der Waals surface area contributed by atoms with Crippen LogP contribution >= 0.6 is 0 Å². The van der Waals surface area contributed by atoms with Crippen LogP contribution in [0.25, 0.3) is 0 Å². The van der Waals surface area contributed by atoms with E-state index in [4.69, 9.17) is 0 Å². The van der Waals surface area contributed by atoms with Gasteiger partial charge in [-0.25, -0.2) is 4.39 Å². The highest BCUT2D eigenvalue weighted by Crippen LogP contribution is 2.30. The van der Waals surface area contributed by atoms with Crippen molar-refractivity contribution in [2.45, 2.75) is 25.7 Å². The van der Waals surface area contributed by atoms with Crippen molar-refractivity contribution in [1.82, 2.24) is 10.2 Å². The number of nitrogens with zero attached hydrogens (tertiary/aromatic N) is 1. The predicted octanol–water partition coefficient (Wildman–Crippen LogP) is 3.24. The van der Waals surface area contributed by atoms with Crippen molar-refractivity contribution < 1.29 is 13.2 Å². The van der Waals surface area contributed by atoms with Crippen LogP contribution in [0, 0.1) is 11.7 Å². The number of alkyl halides is 2. The van der Waals surface area contributed by atoms with E-state index in [9.17, 15) is 13.2 Å². The average Bonchev–Trinajstić information content (AvgIpc) is 2.46. The van der Waals surface area contributed by atoms with Gasteiger partial charge in [-0.3, -0.25) is 4.90 Å². The van der Waals surface area contributed by atoms with E-state index in [2.05, 4.69) is 12.2 Å². The first-order valence-corrected chi connectivity index (χ1v) is 7.58. The molecule has 1 saturated heterocycles. The summed E-state index contributed by atoms with van der Waals surface area (Å²) < 4.78 is 41.5. The van der Waals surface area contributed by atoms with Crippen LogP contribution < -0.4 is 5.32 Å². The lowest BCUT2D eigenvalue weighted by Gasteiger charge is -2.34. The van der Waals surface area contributed by atoms with Crippen molar-refractivity contribution in [3.05, 3.63) is 35.6 Å². The quantitative estimate of drug-likeness (QED) is 0.867. The number of benzene rings is 1. The predicted molar refractivity (Wildman–Crippen MR) is 78.0 cm³/mol. The van der Waals surface area contributed by atoms with E-state index in [0.717, 1.165) is 32.0 Å². The maximum Gasteiger partial charge on any atom is 0.285 e. The van der Waals surface area contributed by atoms with Crippen LogP contribution in [0.1, 0.15) is 25.3 Å². The Balaban J connectivity index is 1.87. The van der Waals surface area contributed by atoms with E-state index in [0.29, 0.717) is 19.0 Å². The summed E-state index contributed by atoms with van der Waals surface area (Å²) in [6, 6.07) is 4.74. The monoisotopic (exact) mass is 300 g/mol. The second-order valence-electron chi connectivity index (χ2n) is 5.74. The first kappa shape index (κ1) is 16.3. The molecule has 0 unspecified atom stereocenters. The fraction of sp³-hybridized carbons (Fsp3) is 0.625. The van der Waals surface area contributed by atoms with Gasteiger partial charge >= 0.3 is 0 Å². The molecule has 1 heterocycles. The molecule has 0 aliphatic carbocycles. The van der Waals surface area contributed by atoms with Gasteiger partial charge in [-0.05, 0) is 57.1 Å². The molecule has 1 aliphatic rings. The Bertz CT molecular complexity index is 443. The van der Waals surface area contributed by atoms with Crippen LogP contribution in [-0.2, 0) is 5.92 Å². The lowest BCUT2D eigenvalue weighted by Crippen LogP contribution is -2.42. The number of hydrogen-bond donors (Lipinski definition) is 1. The van der Waals surface area contributed by atoms with Gasteiger partial charge in [0.05, 0.1) is 6.54 Å².